The lowest BCUT2D eigenvalue weighted by molar-refractivity contribution is -0.122. The fourth-order valence-corrected chi connectivity index (χ4v) is 3.04. The molecular weight excluding hydrogens is 340 g/mol. The second-order valence-corrected chi connectivity index (χ2v) is 6.22. The van der Waals surface area contributed by atoms with Gasteiger partial charge in [-0.1, -0.05) is 22.9 Å². The minimum absolute atomic E-state index is 0.125. The minimum atomic E-state index is -0.463. The third kappa shape index (κ3) is 3.27. The molecule has 1 aromatic carbocycles. The summed E-state index contributed by atoms with van der Waals surface area (Å²) >= 11 is 7.23. The molecule has 3 rings (SSSR count). The molecule has 2 aromatic rings. The van der Waals surface area contributed by atoms with Gasteiger partial charge in [-0.15, -0.1) is 10.2 Å². The Bertz CT molecular complexity index is 738. The predicted octanol–water partition coefficient (Wildman–Crippen LogP) is 2.19. The molecule has 1 aromatic heterocycles. The van der Waals surface area contributed by atoms with E-state index < -0.39 is 5.92 Å². The summed E-state index contributed by atoms with van der Waals surface area (Å²) in [4.78, 5) is 26.1. The van der Waals surface area contributed by atoms with Crippen LogP contribution in [0.1, 0.15) is 6.42 Å². The van der Waals surface area contributed by atoms with Crippen LogP contribution in [0.3, 0.4) is 0 Å². The van der Waals surface area contributed by atoms with E-state index in [1.807, 2.05) is 0 Å². The Hall–Kier alpha value is -2.19. The zero-order chi connectivity index (χ0) is 16.4. The molecule has 7 nitrogen and oxygen atoms in total. The van der Waals surface area contributed by atoms with Crippen LogP contribution in [0, 0.1) is 5.92 Å². The average molecular weight is 353 g/mol. The van der Waals surface area contributed by atoms with Gasteiger partial charge < -0.3 is 15.0 Å². The minimum Gasteiger partial charge on any atom is -0.495 e. The number of nitrogens with zero attached hydrogens (tertiary/aromatic N) is 3. The van der Waals surface area contributed by atoms with Crippen molar-refractivity contribution in [2.75, 3.05) is 23.9 Å². The Morgan fingerprint density at radius 1 is 1.52 bits per heavy atom. The fourth-order valence-electron chi connectivity index (χ4n) is 2.43. The van der Waals surface area contributed by atoms with E-state index in [-0.39, 0.29) is 24.8 Å². The summed E-state index contributed by atoms with van der Waals surface area (Å²) in [6.45, 7) is 0.264. The molecule has 0 spiro atoms. The first-order valence-electron chi connectivity index (χ1n) is 6.79. The maximum Gasteiger partial charge on any atom is 0.231 e. The van der Waals surface area contributed by atoms with Gasteiger partial charge in [0.05, 0.1) is 18.7 Å². The van der Waals surface area contributed by atoms with Crippen LogP contribution in [0.5, 0.6) is 5.75 Å². The highest BCUT2D eigenvalue weighted by Crippen LogP contribution is 2.35. The van der Waals surface area contributed by atoms with E-state index in [0.717, 1.165) is 0 Å². The highest BCUT2D eigenvalue weighted by molar-refractivity contribution is 7.13. The van der Waals surface area contributed by atoms with Crippen molar-refractivity contribution in [3.63, 3.8) is 0 Å². The number of carbonyl (C=O) groups excluding carboxylic acids is 2. The number of rotatable bonds is 4. The van der Waals surface area contributed by atoms with Gasteiger partial charge in [-0.05, 0) is 18.2 Å². The van der Waals surface area contributed by atoms with Crippen LogP contribution < -0.4 is 15.0 Å². The van der Waals surface area contributed by atoms with Gasteiger partial charge in [0.1, 0.15) is 11.3 Å². The summed E-state index contributed by atoms with van der Waals surface area (Å²) in [6, 6.07) is 5.03. The monoisotopic (exact) mass is 352 g/mol. The molecule has 1 saturated heterocycles. The lowest BCUT2D eigenvalue weighted by atomic mass is 10.1. The topological polar surface area (TPSA) is 84.4 Å². The zero-order valence-corrected chi connectivity index (χ0v) is 13.7. The molecule has 1 aliphatic heterocycles. The lowest BCUT2D eigenvalue weighted by Gasteiger charge is -2.19. The molecule has 120 valence electrons. The smallest absolute Gasteiger partial charge is 0.231 e. The standard InChI is InChI=1S/C14H13ClN4O3S/c1-22-11-3-2-9(15)5-10(11)19-6-8(4-12(19)20)13(21)17-14-18-16-7-23-14/h2-3,5,7-8H,4,6H2,1H3,(H,17,18,21). The Morgan fingerprint density at radius 3 is 3.04 bits per heavy atom. The molecule has 1 unspecified atom stereocenters. The summed E-state index contributed by atoms with van der Waals surface area (Å²) in [5, 5.41) is 11.0. The number of halogens is 1. The normalized spacial score (nSPS) is 17.4. The number of methoxy groups -OCH3 is 1. The number of aromatic nitrogens is 2. The third-order valence-electron chi connectivity index (χ3n) is 3.52. The molecule has 1 aliphatic rings. The first-order valence-corrected chi connectivity index (χ1v) is 8.05. The van der Waals surface area contributed by atoms with Crippen molar-refractivity contribution in [3.05, 3.63) is 28.7 Å². The first-order chi connectivity index (χ1) is 11.1. The summed E-state index contributed by atoms with van der Waals surface area (Å²) in [5.74, 6) is -0.329. The van der Waals surface area contributed by atoms with Crippen molar-refractivity contribution in [2.45, 2.75) is 6.42 Å². The van der Waals surface area contributed by atoms with Crippen LogP contribution in [0.2, 0.25) is 5.02 Å². The van der Waals surface area contributed by atoms with Crippen molar-refractivity contribution >= 4 is 45.6 Å². The van der Waals surface area contributed by atoms with E-state index >= 15 is 0 Å². The predicted molar refractivity (Wildman–Crippen MR) is 87.0 cm³/mol. The number of carbonyl (C=O) groups is 2. The van der Waals surface area contributed by atoms with E-state index in [1.54, 1.807) is 18.2 Å². The van der Waals surface area contributed by atoms with Gasteiger partial charge in [-0.25, -0.2) is 0 Å². The Labute approximate surface area is 141 Å². The van der Waals surface area contributed by atoms with Gasteiger partial charge in [0.2, 0.25) is 16.9 Å². The Kier molecular flexibility index (Phi) is 4.44. The fraction of sp³-hybridized carbons (Fsp3) is 0.286. The molecule has 1 N–H and O–H groups in total. The summed E-state index contributed by atoms with van der Waals surface area (Å²) < 4.78 is 5.27. The molecule has 23 heavy (non-hydrogen) atoms. The van der Waals surface area contributed by atoms with E-state index in [4.69, 9.17) is 16.3 Å². The quantitative estimate of drug-likeness (QED) is 0.911. The third-order valence-corrected chi connectivity index (χ3v) is 4.36. The second-order valence-electron chi connectivity index (χ2n) is 4.95. The Balaban J connectivity index is 1.77. The highest BCUT2D eigenvalue weighted by Gasteiger charge is 2.36. The van der Waals surface area contributed by atoms with Crippen molar-refractivity contribution in [2.24, 2.45) is 5.92 Å². The lowest BCUT2D eigenvalue weighted by Crippen LogP contribution is -2.28. The van der Waals surface area contributed by atoms with Gasteiger partial charge in [0, 0.05) is 18.0 Å². The number of hydrogen-bond donors (Lipinski definition) is 1. The number of nitrogens with one attached hydrogen (secondary N) is 1. The van der Waals surface area contributed by atoms with E-state index in [0.29, 0.717) is 21.6 Å². The van der Waals surface area contributed by atoms with Gasteiger partial charge in [-0.2, -0.15) is 0 Å². The van der Waals surface area contributed by atoms with Crippen LogP contribution >= 0.6 is 22.9 Å². The van der Waals surface area contributed by atoms with E-state index in [9.17, 15) is 9.59 Å². The largest absolute Gasteiger partial charge is 0.495 e. The summed E-state index contributed by atoms with van der Waals surface area (Å²) in [7, 11) is 1.52. The number of benzene rings is 1. The SMILES string of the molecule is COc1ccc(Cl)cc1N1CC(C(=O)Nc2nncs2)CC1=O. The van der Waals surface area contributed by atoms with Crippen molar-refractivity contribution < 1.29 is 14.3 Å². The van der Waals surface area contributed by atoms with Gasteiger partial charge in [0.25, 0.3) is 0 Å². The summed E-state index contributed by atoms with van der Waals surface area (Å²) in [6.07, 6.45) is 0.125. The van der Waals surface area contributed by atoms with Crippen LogP contribution in [0.4, 0.5) is 10.8 Å². The van der Waals surface area contributed by atoms with E-state index in [1.165, 1.54) is 28.9 Å². The Morgan fingerprint density at radius 2 is 2.35 bits per heavy atom. The zero-order valence-electron chi connectivity index (χ0n) is 12.2. The molecule has 9 heteroatoms. The van der Waals surface area contributed by atoms with Gasteiger partial charge in [-0.3, -0.25) is 9.59 Å². The van der Waals surface area contributed by atoms with Crippen LogP contribution in [0.15, 0.2) is 23.7 Å². The number of ether oxygens (including phenoxy) is 1. The van der Waals surface area contributed by atoms with Gasteiger partial charge >= 0.3 is 0 Å². The molecule has 0 saturated carbocycles. The molecule has 0 aliphatic carbocycles. The van der Waals surface area contributed by atoms with Gasteiger partial charge in [0.15, 0.2) is 0 Å². The molecule has 2 heterocycles. The van der Waals surface area contributed by atoms with Crippen LogP contribution in [-0.2, 0) is 9.59 Å². The molecule has 1 fully saturated rings. The van der Waals surface area contributed by atoms with Crippen molar-refractivity contribution in [3.8, 4) is 5.75 Å². The number of amides is 2. The molecular formula is C14H13ClN4O3S. The maximum absolute atomic E-state index is 12.3. The van der Waals surface area contributed by atoms with Crippen LogP contribution in [0.25, 0.3) is 0 Å². The van der Waals surface area contributed by atoms with Crippen molar-refractivity contribution in [1.82, 2.24) is 10.2 Å². The highest BCUT2D eigenvalue weighted by atomic mass is 35.5. The summed E-state index contributed by atoms with van der Waals surface area (Å²) in [5.41, 5.74) is 2.09. The molecule has 2 amide bonds. The molecule has 0 radical (unpaired) electrons. The van der Waals surface area contributed by atoms with Crippen molar-refractivity contribution in [1.29, 1.82) is 0 Å². The van der Waals surface area contributed by atoms with Crippen LogP contribution in [-0.4, -0.2) is 35.7 Å². The molecule has 1 atom stereocenters. The first kappa shape index (κ1) is 15.7. The number of hydrogen-bond acceptors (Lipinski definition) is 6. The number of anilines is 2. The average Bonchev–Trinajstić information content (AvgIpc) is 3.16. The second kappa shape index (κ2) is 6.51. The molecule has 0 bridgehead atoms. The van der Waals surface area contributed by atoms with E-state index in [2.05, 4.69) is 15.5 Å². The maximum atomic E-state index is 12.3.